The van der Waals surface area contributed by atoms with Gasteiger partial charge in [0.25, 0.3) is 0 Å². The van der Waals surface area contributed by atoms with Gasteiger partial charge in [0.05, 0.1) is 6.10 Å². The molecule has 0 aromatic heterocycles. The third-order valence-corrected chi connectivity index (χ3v) is 2.96. The summed E-state index contributed by atoms with van der Waals surface area (Å²) in [6.07, 6.45) is 0.270. The summed E-state index contributed by atoms with van der Waals surface area (Å²) < 4.78 is 26.4. The lowest BCUT2D eigenvalue weighted by atomic mass is 9.99. The molecule has 0 spiro atoms. The van der Waals surface area contributed by atoms with Gasteiger partial charge in [-0.25, -0.2) is 0 Å². The average Bonchev–Trinajstić information content (AvgIpc) is 2.42. The van der Waals surface area contributed by atoms with Crippen LogP contribution in [0.4, 0.5) is 0 Å². The van der Waals surface area contributed by atoms with Crippen LogP contribution in [0.5, 0.6) is 0 Å². The molecule has 1 rings (SSSR count). The Kier molecular flexibility index (Phi) is 7.00. The molecule has 23 heavy (non-hydrogen) atoms. The molecule has 1 saturated heterocycles. The predicted octanol–water partition coefficient (Wildman–Crippen LogP) is 0.176. The van der Waals surface area contributed by atoms with Crippen LogP contribution in [0, 0.1) is 12.3 Å². The molecule has 2 unspecified atom stereocenters. The number of carbonyl (C=O) groups excluding carboxylic acids is 3. The van der Waals surface area contributed by atoms with Crippen molar-refractivity contribution >= 4 is 17.9 Å². The number of hydrogen-bond donors (Lipinski definition) is 0. The lowest BCUT2D eigenvalue weighted by Crippen LogP contribution is -2.61. The molecule has 8 heteroatoms. The van der Waals surface area contributed by atoms with Crippen LogP contribution in [-0.2, 0) is 38.1 Å². The van der Waals surface area contributed by atoms with Gasteiger partial charge in [0, 0.05) is 20.8 Å². The van der Waals surface area contributed by atoms with Crippen LogP contribution >= 0.6 is 0 Å². The van der Waals surface area contributed by atoms with Crippen molar-refractivity contribution in [3.8, 4) is 12.3 Å². The Morgan fingerprint density at radius 2 is 1.43 bits per heavy atom. The van der Waals surface area contributed by atoms with Crippen molar-refractivity contribution in [1.29, 1.82) is 0 Å². The van der Waals surface area contributed by atoms with Crippen molar-refractivity contribution in [2.45, 2.75) is 58.4 Å². The first-order valence-electron chi connectivity index (χ1n) is 6.98. The molecule has 8 nitrogen and oxygen atoms in total. The van der Waals surface area contributed by atoms with E-state index in [0.29, 0.717) is 0 Å². The molecule has 0 radical (unpaired) electrons. The molecule has 1 aliphatic rings. The van der Waals surface area contributed by atoms with Gasteiger partial charge in [0.1, 0.15) is 6.61 Å². The number of terminal acetylenes is 1. The molecule has 0 bridgehead atoms. The molecule has 1 aliphatic heterocycles. The second-order valence-corrected chi connectivity index (χ2v) is 4.95. The summed E-state index contributed by atoms with van der Waals surface area (Å²) in [5.74, 6) is 0.408. The molecular weight excluding hydrogens is 308 g/mol. The number of hydrogen-bond acceptors (Lipinski definition) is 8. The lowest BCUT2D eigenvalue weighted by Gasteiger charge is -2.43. The second kappa shape index (κ2) is 8.50. The molecular formula is C15H20O8. The van der Waals surface area contributed by atoms with Gasteiger partial charge in [-0.3, -0.25) is 14.4 Å². The minimum absolute atomic E-state index is 0.0970. The summed E-state index contributed by atoms with van der Waals surface area (Å²) in [5, 5.41) is 0. The van der Waals surface area contributed by atoms with Gasteiger partial charge < -0.3 is 23.7 Å². The van der Waals surface area contributed by atoms with E-state index in [1.807, 2.05) is 0 Å². The average molecular weight is 328 g/mol. The zero-order valence-corrected chi connectivity index (χ0v) is 13.4. The SMILES string of the molecule is C#CCO[C@@H]1OC(C)[C@@H](OC(C)=O)C(OC(C)=O)[C@H]1OC(C)=O. The van der Waals surface area contributed by atoms with Gasteiger partial charge >= 0.3 is 17.9 Å². The van der Waals surface area contributed by atoms with Gasteiger partial charge in [-0.05, 0) is 6.92 Å². The molecule has 5 atom stereocenters. The molecule has 0 aliphatic carbocycles. The second-order valence-electron chi connectivity index (χ2n) is 4.95. The van der Waals surface area contributed by atoms with Gasteiger partial charge in [-0.15, -0.1) is 6.42 Å². The first-order chi connectivity index (χ1) is 10.8. The minimum Gasteiger partial charge on any atom is -0.456 e. The fourth-order valence-corrected chi connectivity index (χ4v) is 2.23. The Labute approximate surface area is 134 Å². The van der Waals surface area contributed by atoms with Gasteiger partial charge in [0.15, 0.2) is 24.6 Å². The smallest absolute Gasteiger partial charge is 0.303 e. The fourth-order valence-electron chi connectivity index (χ4n) is 2.23. The van der Waals surface area contributed by atoms with Crippen molar-refractivity contribution in [3.05, 3.63) is 0 Å². The predicted molar refractivity (Wildman–Crippen MR) is 75.8 cm³/mol. The van der Waals surface area contributed by atoms with E-state index in [4.69, 9.17) is 30.1 Å². The zero-order valence-electron chi connectivity index (χ0n) is 13.4. The molecule has 0 aromatic carbocycles. The van der Waals surface area contributed by atoms with Crippen LogP contribution in [-0.4, -0.2) is 55.2 Å². The molecule has 128 valence electrons. The summed E-state index contributed by atoms with van der Waals surface area (Å²) >= 11 is 0. The fraction of sp³-hybridized carbons (Fsp3) is 0.667. The summed E-state index contributed by atoms with van der Waals surface area (Å²) in [5.41, 5.74) is 0. The van der Waals surface area contributed by atoms with Crippen LogP contribution < -0.4 is 0 Å². The van der Waals surface area contributed by atoms with E-state index in [2.05, 4.69) is 5.92 Å². The Morgan fingerprint density at radius 1 is 0.957 bits per heavy atom. The quantitative estimate of drug-likeness (QED) is 0.400. The van der Waals surface area contributed by atoms with Crippen LogP contribution in [0.25, 0.3) is 0 Å². The zero-order chi connectivity index (χ0) is 17.6. The Balaban J connectivity index is 3.11. The van der Waals surface area contributed by atoms with E-state index in [1.165, 1.54) is 20.8 Å². The summed E-state index contributed by atoms with van der Waals surface area (Å²) in [7, 11) is 0. The highest BCUT2D eigenvalue weighted by atomic mass is 16.7. The highest BCUT2D eigenvalue weighted by Crippen LogP contribution is 2.29. The maximum atomic E-state index is 11.4. The topological polar surface area (TPSA) is 97.4 Å². The van der Waals surface area contributed by atoms with Crippen LogP contribution in [0.3, 0.4) is 0 Å². The van der Waals surface area contributed by atoms with E-state index >= 15 is 0 Å². The van der Waals surface area contributed by atoms with E-state index in [0.717, 1.165) is 0 Å². The Bertz CT molecular complexity index is 494. The van der Waals surface area contributed by atoms with Crippen molar-refractivity contribution in [2.75, 3.05) is 6.61 Å². The third-order valence-electron chi connectivity index (χ3n) is 2.96. The summed E-state index contributed by atoms with van der Waals surface area (Å²) in [6.45, 7) is 5.09. The van der Waals surface area contributed by atoms with E-state index in [-0.39, 0.29) is 6.61 Å². The first kappa shape index (κ1) is 18.9. The summed E-state index contributed by atoms with van der Waals surface area (Å²) in [4.78, 5) is 34.0. The third kappa shape index (κ3) is 5.54. The van der Waals surface area contributed by atoms with Crippen molar-refractivity contribution < 1.29 is 38.1 Å². The minimum atomic E-state index is -1.12. The molecule has 1 fully saturated rings. The highest BCUT2D eigenvalue weighted by molar-refractivity contribution is 5.68. The normalized spacial score (nSPS) is 30.0. The van der Waals surface area contributed by atoms with E-state index in [9.17, 15) is 14.4 Å². The maximum Gasteiger partial charge on any atom is 0.303 e. The Morgan fingerprint density at radius 3 is 1.91 bits per heavy atom. The first-order valence-corrected chi connectivity index (χ1v) is 6.98. The lowest BCUT2D eigenvalue weighted by molar-refractivity contribution is -0.298. The monoisotopic (exact) mass is 328 g/mol. The maximum absolute atomic E-state index is 11.4. The van der Waals surface area contributed by atoms with Crippen molar-refractivity contribution in [1.82, 2.24) is 0 Å². The van der Waals surface area contributed by atoms with Gasteiger partial charge in [0.2, 0.25) is 0 Å². The van der Waals surface area contributed by atoms with Crippen LogP contribution in [0.2, 0.25) is 0 Å². The number of ether oxygens (including phenoxy) is 5. The van der Waals surface area contributed by atoms with Gasteiger partial charge in [-0.2, -0.15) is 0 Å². The molecule has 0 N–H and O–H groups in total. The molecule has 0 aromatic rings. The number of rotatable bonds is 5. The van der Waals surface area contributed by atoms with E-state index < -0.39 is 48.6 Å². The van der Waals surface area contributed by atoms with Gasteiger partial charge in [-0.1, -0.05) is 5.92 Å². The highest BCUT2D eigenvalue weighted by Gasteiger charge is 2.50. The summed E-state index contributed by atoms with van der Waals surface area (Å²) in [6, 6.07) is 0. The van der Waals surface area contributed by atoms with Crippen molar-refractivity contribution in [3.63, 3.8) is 0 Å². The largest absolute Gasteiger partial charge is 0.456 e. The van der Waals surface area contributed by atoms with Crippen LogP contribution in [0.15, 0.2) is 0 Å². The number of esters is 3. The molecule has 1 heterocycles. The standard InChI is InChI=1S/C15H20O8/c1-6-7-19-15-14(23-11(5)18)13(22-10(4)17)12(8(2)20-15)21-9(3)16/h1,8,12-15H,7H2,2-5H3/t8?,12-,13?,14-,15-/m1/s1. The molecule has 0 saturated carbocycles. The molecule has 0 amide bonds. The van der Waals surface area contributed by atoms with E-state index in [1.54, 1.807) is 6.92 Å². The van der Waals surface area contributed by atoms with Crippen LogP contribution in [0.1, 0.15) is 27.7 Å². The van der Waals surface area contributed by atoms with Crippen molar-refractivity contribution in [2.24, 2.45) is 0 Å². The number of carbonyl (C=O) groups is 3. The Hall–Kier alpha value is -2.11.